The lowest BCUT2D eigenvalue weighted by molar-refractivity contribution is -0.149. The van der Waals surface area contributed by atoms with E-state index in [9.17, 15) is 14.4 Å². The van der Waals surface area contributed by atoms with Gasteiger partial charge in [0.25, 0.3) is 0 Å². The molecule has 0 saturated heterocycles. The molecule has 0 aliphatic heterocycles. The number of amides is 3. The van der Waals surface area contributed by atoms with Crippen molar-refractivity contribution in [3.63, 3.8) is 0 Å². The maximum Gasteiger partial charge on any atom is 0.321 e. The normalized spacial score (nSPS) is 10.4. The third-order valence-corrected chi connectivity index (χ3v) is 1.84. The van der Waals surface area contributed by atoms with Gasteiger partial charge in [-0.15, -0.1) is 6.58 Å². The number of rotatable bonds is 5. The van der Waals surface area contributed by atoms with Gasteiger partial charge in [-0.05, 0) is 13.8 Å². The molecule has 0 fully saturated rings. The summed E-state index contributed by atoms with van der Waals surface area (Å²) in [5.74, 6) is -1.72. The summed E-state index contributed by atoms with van der Waals surface area (Å²) in [6.07, 6.45) is 1.20. The Morgan fingerprint density at radius 2 is 1.94 bits per heavy atom. The third-order valence-electron chi connectivity index (χ3n) is 1.84. The van der Waals surface area contributed by atoms with Crippen LogP contribution in [0.15, 0.2) is 12.7 Å². The highest BCUT2D eigenvalue weighted by Gasteiger charge is 2.30. The lowest BCUT2D eigenvalue weighted by Gasteiger charge is -2.17. The molecule has 0 radical (unpaired) electrons. The number of carbonyl (C=O) groups is 3. The van der Waals surface area contributed by atoms with Crippen LogP contribution in [0.5, 0.6) is 0 Å². The number of imide groups is 1. The van der Waals surface area contributed by atoms with E-state index in [1.165, 1.54) is 19.9 Å². The van der Waals surface area contributed by atoms with Crippen molar-refractivity contribution in [1.82, 2.24) is 10.6 Å². The minimum absolute atomic E-state index is 0.238. The number of urea groups is 1. The molecule has 0 aliphatic carbocycles. The smallest absolute Gasteiger partial charge is 0.321 e. The number of carboxylic acid groups (broad SMARTS) is 1. The molecule has 6 heteroatoms. The summed E-state index contributed by atoms with van der Waals surface area (Å²) in [6, 6.07) is -0.661. The number of hydrogen-bond acceptors (Lipinski definition) is 3. The predicted octanol–water partition coefficient (Wildman–Crippen LogP) is 0.499. The third kappa shape index (κ3) is 5.14. The van der Waals surface area contributed by atoms with E-state index in [2.05, 4.69) is 11.9 Å². The maximum atomic E-state index is 11.3. The van der Waals surface area contributed by atoms with Crippen molar-refractivity contribution in [3.05, 3.63) is 12.7 Å². The highest BCUT2D eigenvalue weighted by Crippen LogP contribution is 2.19. The minimum Gasteiger partial charge on any atom is -0.481 e. The van der Waals surface area contributed by atoms with Crippen LogP contribution in [0.1, 0.15) is 20.3 Å². The molecule has 6 nitrogen and oxygen atoms in total. The predicted molar refractivity (Wildman–Crippen MR) is 57.8 cm³/mol. The number of carboxylic acids is 1. The van der Waals surface area contributed by atoms with Crippen molar-refractivity contribution >= 4 is 17.9 Å². The maximum absolute atomic E-state index is 11.3. The zero-order valence-electron chi connectivity index (χ0n) is 9.37. The van der Waals surface area contributed by atoms with Crippen LogP contribution < -0.4 is 10.6 Å². The Morgan fingerprint density at radius 3 is 2.38 bits per heavy atom. The molecule has 16 heavy (non-hydrogen) atoms. The first-order valence-electron chi connectivity index (χ1n) is 4.71. The van der Waals surface area contributed by atoms with Crippen LogP contribution >= 0.6 is 0 Å². The number of carbonyl (C=O) groups excluding carboxylic acids is 2. The lowest BCUT2D eigenvalue weighted by atomic mass is 9.89. The van der Waals surface area contributed by atoms with Gasteiger partial charge in [0.2, 0.25) is 5.91 Å². The molecule has 90 valence electrons. The van der Waals surface area contributed by atoms with Gasteiger partial charge in [-0.1, -0.05) is 6.08 Å². The molecule has 3 amide bonds. The quantitative estimate of drug-likeness (QED) is 0.597. The van der Waals surface area contributed by atoms with Crippen LogP contribution in [0.3, 0.4) is 0 Å². The van der Waals surface area contributed by atoms with E-state index in [4.69, 9.17) is 5.11 Å². The van der Waals surface area contributed by atoms with E-state index < -0.39 is 23.3 Å². The van der Waals surface area contributed by atoms with Crippen molar-refractivity contribution in [3.8, 4) is 0 Å². The first kappa shape index (κ1) is 14.2. The zero-order chi connectivity index (χ0) is 12.8. The van der Waals surface area contributed by atoms with Gasteiger partial charge in [0.05, 0.1) is 5.41 Å². The molecule has 0 spiro atoms. The van der Waals surface area contributed by atoms with Gasteiger partial charge in [0, 0.05) is 13.0 Å². The summed E-state index contributed by atoms with van der Waals surface area (Å²) in [7, 11) is 0. The lowest BCUT2D eigenvalue weighted by Crippen LogP contribution is -2.42. The van der Waals surface area contributed by atoms with Crippen LogP contribution in [-0.4, -0.2) is 29.6 Å². The molecule has 0 heterocycles. The molecular formula is C10H16N2O4. The molecular weight excluding hydrogens is 212 g/mol. The van der Waals surface area contributed by atoms with Crippen LogP contribution in [0.4, 0.5) is 4.79 Å². The monoisotopic (exact) mass is 228 g/mol. The Kier molecular flexibility index (Phi) is 5.21. The molecule has 0 atom stereocenters. The Labute approximate surface area is 93.7 Å². The van der Waals surface area contributed by atoms with Crippen molar-refractivity contribution in [2.24, 2.45) is 5.41 Å². The number of hydrogen-bond donors (Lipinski definition) is 3. The summed E-state index contributed by atoms with van der Waals surface area (Å²) >= 11 is 0. The highest BCUT2D eigenvalue weighted by atomic mass is 16.4. The summed E-state index contributed by atoms with van der Waals surface area (Å²) in [4.78, 5) is 33.0. The summed E-state index contributed by atoms with van der Waals surface area (Å²) < 4.78 is 0. The minimum atomic E-state index is -1.19. The van der Waals surface area contributed by atoms with Crippen molar-refractivity contribution in [2.75, 3.05) is 6.54 Å². The van der Waals surface area contributed by atoms with Gasteiger partial charge in [-0.2, -0.15) is 0 Å². The number of nitrogens with one attached hydrogen (secondary N) is 2. The Bertz CT molecular complexity index is 310. The van der Waals surface area contributed by atoms with Gasteiger partial charge >= 0.3 is 12.0 Å². The fourth-order valence-electron chi connectivity index (χ4n) is 0.857. The Balaban J connectivity index is 4.13. The van der Waals surface area contributed by atoms with E-state index in [1.807, 2.05) is 5.32 Å². The Hall–Kier alpha value is -1.85. The second-order valence-corrected chi connectivity index (χ2v) is 3.91. The van der Waals surface area contributed by atoms with Crippen LogP contribution in [0, 0.1) is 5.41 Å². The molecule has 0 aromatic heterocycles. The van der Waals surface area contributed by atoms with Gasteiger partial charge in [0.15, 0.2) is 0 Å². The van der Waals surface area contributed by atoms with Crippen molar-refractivity contribution in [2.45, 2.75) is 20.3 Å². The van der Waals surface area contributed by atoms with E-state index >= 15 is 0 Å². The van der Waals surface area contributed by atoms with Gasteiger partial charge < -0.3 is 10.4 Å². The van der Waals surface area contributed by atoms with Crippen molar-refractivity contribution in [1.29, 1.82) is 0 Å². The first-order valence-corrected chi connectivity index (χ1v) is 4.71. The van der Waals surface area contributed by atoms with E-state index in [-0.39, 0.29) is 13.0 Å². The zero-order valence-corrected chi connectivity index (χ0v) is 9.37. The summed E-state index contributed by atoms with van der Waals surface area (Å²) in [6.45, 7) is 6.45. The molecule has 0 bridgehead atoms. The molecule has 0 aromatic rings. The average Bonchev–Trinajstić information content (AvgIpc) is 2.13. The molecule has 3 N–H and O–H groups in total. The molecule has 0 aromatic carbocycles. The van der Waals surface area contributed by atoms with Crippen LogP contribution in [0.2, 0.25) is 0 Å². The van der Waals surface area contributed by atoms with Crippen LogP contribution in [0.25, 0.3) is 0 Å². The highest BCUT2D eigenvalue weighted by molar-refractivity contribution is 5.96. The van der Waals surface area contributed by atoms with Crippen molar-refractivity contribution < 1.29 is 19.5 Å². The molecule has 0 unspecified atom stereocenters. The SMILES string of the molecule is C=CCNC(=O)NC(=O)CC(C)(C)C(=O)O. The Morgan fingerprint density at radius 1 is 1.38 bits per heavy atom. The molecule has 0 aliphatic rings. The fraction of sp³-hybridized carbons (Fsp3) is 0.500. The van der Waals surface area contributed by atoms with Crippen LogP contribution in [-0.2, 0) is 9.59 Å². The molecule has 0 rings (SSSR count). The van der Waals surface area contributed by atoms with Gasteiger partial charge in [-0.25, -0.2) is 4.79 Å². The molecule has 0 saturated carbocycles. The van der Waals surface area contributed by atoms with E-state index in [0.717, 1.165) is 0 Å². The van der Waals surface area contributed by atoms with E-state index in [1.54, 1.807) is 0 Å². The van der Waals surface area contributed by atoms with E-state index in [0.29, 0.717) is 0 Å². The average molecular weight is 228 g/mol. The summed E-state index contributed by atoms with van der Waals surface area (Å²) in [5, 5.41) is 13.1. The van der Waals surface area contributed by atoms with Gasteiger partial charge in [0.1, 0.15) is 0 Å². The number of aliphatic carboxylic acids is 1. The second kappa shape index (κ2) is 5.89. The fourth-order valence-corrected chi connectivity index (χ4v) is 0.857. The largest absolute Gasteiger partial charge is 0.481 e. The topological polar surface area (TPSA) is 95.5 Å². The standard InChI is InChI=1S/C10H16N2O4/c1-4-5-11-9(16)12-7(13)6-10(2,3)8(14)15/h4H,1,5-6H2,2-3H3,(H,14,15)(H2,11,12,13,16). The second-order valence-electron chi connectivity index (χ2n) is 3.91. The van der Waals surface area contributed by atoms with Gasteiger partial charge in [-0.3, -0.25) is 14.9 Å². The first-order chi connectivity index (χ1) is 7.29. The summed E-state index contributed by atoms with van der Waals surface area (Å²) in [5.41, 5.74) is -1.19.